The molecule has 0 aliphatic heterocycles. The number of anilines is 1. The Morgan fingerprint density at radius 3 is 2.07 bits per heavy atom. The number of amides is 1. The van der Waals surface area contributed by atoms with Crippen molar-refractivity contribution in [3.05, 3.63) is 71.8 Å². The van der Waals surface area contributed by atoms with Gasteiger partial charge in [-0.2, -0.15) is 0 Å². The van der Waals surface area contributed by atoms with Crippen LogP contribution in [-0.2, 0) is 0 Å². The van der Waals surface area contributed by atoms with E-state index in [2.05, 4.69) is 5.32 Å². The maximum atomic E-state index is 12.5. The third-order valence-electron chi connectivity index (χ3n) is 3.86. The van der Waals surface area contributed by atoms with Gasteiger partial charge in [0.25, 0.3) is 5.91 Å². The van der Waals surface area contributed by atoms with Crippen LogP contribution in [0.25, 0.3) is 11.1 Å². The fourth-order valence-corrected chi connectivity index (χ4v) is 2.64. The van der Waals surface area contributed by atoms with E-state index in [0.29, 0.717) is 11.3 Å². The number of hydrogen-bond donors (Lipinski definition) is 5. The molecule has 0 fully saturated rings. The maximum absolute atomic E-state index is 12.5. The van der Waals surface area contributed by atoms with E-state index in [1.165, 1.54) is 30.3 Å². The van der Waals surface area contributed by atoms with Crippen molar-refractivity contribution in [3.8, 4) is 28.4 Å². The summed E-state index contributed by atoms with van der Waals surface area (Å²) in [6.45, 7) is 0. The molecular weight excluding hydrogens is 350 g/mol. The van der Waals surface area contributed by atoms with E-state index in [1.807, 2.05) is 0 Å². The van der Waals surface area contributed by atoms with Gasteiger partial charge in [0.1, 0.15) is 17.2 Å². The average Bonchev–Trinajstić information content (AvgIpc) is 2.61. The molecule has 0 aromatic heterocycles. The Balaban J connectivity index is 1.91. The Morgan fingerprint density at radius 2 is 1.41 bits per heavy atom. The van der Waals surface area contributed by atoms with Crippen molar-refractivity contribution >= 4 is 17.6 Å². The summed E-state index contributed by atoms with van der Waals surface area (Å²) in [7, 11) is 0. The molecule has 7 nitrogen and oxygen atoms in total. The standard InChI is InChI=1S/C20H15NO6/c22-15-9-16(23)18(17(24)10-15)11-3-1-4-12(7-11)19(25)21-14-6-2-5-13(8-14)20(26)27/h1-10,22-24H,(H,21,25)(H,26,27). The molecule has 0 heterocycles. The fourth-order valence-electron chi connectivity index (χ4n) is 2.64. The van der Waals surface area contributed by atoms with Crippen molar-refractivity contribution < 1.29 is 30.0 Å². The summed E-state index contributed by atoms with van der Waals surface area (Å²) in [5.41, 5.74) is 1.05. The molecule has 3 aromatic carbocycles. The van der Waals surface area contributed by atoms with Crippen LogP contribution in [0.2, 0.25) is 0 Å². The van der Waals surface area contributed by atoms with Crippen LogP contribution in [0.1, 0.15) is 20.7 Å². The second kappa shape index (κ2) is 7.09. The van der Waals surface area contributed by atoms with Crippen LogP contribution in [0, 0.1) is 0 Å². The highest BCUT2D eigenvalue weighted by atomic mass is 16.4. The predicted molar refractivity (Wildman–Crippen MR) is 98.2 cm³/mol. The van der Waals surface area contributed by atoms with Gasteiger partial charge in [-0.05, 0) is 35.9 Å². The van der Waals surface area contributed by atoms with Gasteiger partial charge in [-0.25, -0.2) is 4.79 Å². The van der Waals surface area contributed by atoms with Gasteiger partial charge in [0.05, 0.1) is 11.1 Å². The van der Waals surface area contributed by atoms with Crippen molar-refractivity contribution in [3.63, 3.8) is 0 Å². The molecule has 0 spiro atoms. The van der Waals surface area contributed by atoms with E-state index in [1.54, 1.807) is 18.2 Å². The quantitative estimate of drug-likeness (QED) is 0.482. The zero-order valence-corrected chi connectivity index (χ0v) is 13.9. The number of hydrogen-bond acceptors (Lipinski definition) is 5. The van der Waals surface area contributed by atoms with Gasteiger partial charge >= 0.3 is 5.97 Å². The number of rotatable bonds is 4. The van der Waals surface area contributed by atoms with Crippen molar-refractivity contribution in [1.29, 1.82) is 0 Å². The minimum absolute atomic E-state index is 0.0421. The molecule has 5 N–H and O–H groups in total. The summed E-state index contributed by atoms with van der Waals surface area (Å²) in [6.07, 6.45) is 0. The smallest absolute Gasteiger partial charge is 0.335 e. The lowest BCUT2D eigenvalue weighted by atomic mass is 10.0. The van der Waals surface area contributed by atoms with Crippen molar-refractivity contribution in [2.75, 3.05) is 5.32 Å². The Morgan fingerprint density at radius 1 is 0.778 bits per heavy atom. The van der Waals surface area contributed by atoms with Crippen molar-refractivity contribution in [1.82, 2.24) is 0 Å². The van der Waals surface area contributed by atoms with Crippen LogP contribution in [0.3, 0.4) is 0 Å². The summed E-state index contributed by atoms with van der Waals surface area (Å²) >= 11 is 0. The van der Waals surface area contributed by atoms with E-state index in [4.69, 9.17) is 5.11 Å². The minimum Gasteiger partial charge on any atom is -0.508 e. The normalized spacial score (nSPS) is 10.4. The summed E-state index contributed by atoms with van der Waals surface area (Å²) in [4.78, 5) is 23.5. The van der Waals surface area contributed by atoms with E-state index in [9.17, 15) is 24.9 Å². The van der Waals surface area contributed by atoms with Crippen molar-refractivity contribution in [2.45, 2.75) is 0 Å². The lowest BCUT2D eigenvalue weighted by Crippen LogP contribution is -2.12. The van der Waals surface area contributed by atoms with Crippen molar-refractivity contribution in [2.24, 2.45) is 0 Å². The number of phenols is 3. The highest BCUT2D eigenvalue weighted by Gasteiger charge is 2.15. The van der Waals surface area contributed by atoms with Gasteiger partial charge in [-0.3, -0.25) is 4.79 Å². The summed E-state index contributed by atoms with van der Waals surface area (Å²) in [6, 6.07) is 14.1. The number of carboxylic acid groups (broad SMARTS) is 1. The predicted octanol–water partition coefficient (Wildman–Crippen LogP) is 3.42. The topological polar surface area (TPSA) is 127 Å². The number of carbonyl (C=O) groups excluding carboxylic acids is 1. The zero-order chi connectivity index (χ0) is 19.6. The number of benzene rings is 3. The molecule has 0 bridgehead atoms. The molecule has 0 aliphatic carbocycles. The fraction of sp³-hybridized carbons (Fsp3) is 0. The van der Waals surface area contributed by atoms with E-state index in [0.717, 1.165) is 12.1 Å². The van der Waals surface area contributed by atoms with E-state index >= 15 is 0 Å². The van der Waals surface area contributed by atoms with E-state index in [-0.39, 0.29) is 33.9 Å². The van der Waals surface area contributed by atoms with Gasteiger partial charge in [0.2, 0.25) is 0 Å². The SMILES string of the molecule is O=C(O)c1cccc(NC(=O)c2cccc(-c3c(O)cc(O)cc3O)c2)c1. The number of carboxylic acids is 1. The van der Waals surface area contributed by atoms with Gasteiger partial charge < -0.3 is 25.7 Å². The lowest BCUT2D eigenvalue weighted by Gasteiger charge is -2.10. The van der Waals surface area contributed by atoms with Crippen LogP contribution in [0.5, 0.6) is 17.2 Å². The van der Waals surface area contributed by atoms with Crippen LogP contribution >= 0.6 is 0 Å². The summed E-state index contributed by atoms with van der Waals surface area (Å²) in [5, 5.41) is 41.0. The largest absolute Gasteiger partial charge is 0.508 e. The molecule has 0 radical (unpaired) electrons. The first kappa shape index (κ1) is 17.8. The van der Waals surface area contributed by atoms with Gasteiger partial charge in [0, 0.05) is 23.4 Å². The third kappa shape index (κ3) is 3.82. The van der Waals surface area contributed by atoms with Crippen LogP contribution in [0.15, 0.2) is 60.7 Å². The molecule has 27 heavy (non-hydrogen) atoms. The van der Waals surface area contributed by atoms with Crippen LogP contribution in [-0.4, -0.2) is 32.3 Å². The van der Waals surface area contributed by atoms with Crippen LogP contribution < -0.4 is 5.32 Å². The monoisotopic (exact) mass is 365 g/mol. The van der Waals surface area contributed by atoms with Gasteiger partial charge in [0.15, 0.2) is 0 Å². The number of aromatic carboxylic acids is 1. The Hall–Kier alpha value is -4.00. The van der Waals surface area contributed by atoms with Crippen LogP contribution in [0.4, 0.5) is 5.69 Å². The molecule has 0 saturated carbocycles. The molecule has 136 valence electrons. The highest BCUT2D eigenvalue weighted by Crippen LogP contribution is 2.40. The van der Waals surface area contributed by atoms with Gasteiger partial charge in [-0.15, -0.1) is 0 Å². The first-order valence-electron chi connectivity index (χ1n) is 7.85. The maximum Gasteiger partial charge on any atom is 0.335 e. The second-order valence-electron chi connectivity index (χ2n) is 5.78. The number of aromatic hydroxyl groups is 3. The molecule has 3 aromatic rings. The number of phenolic OH excluding ortho intramolecular Hbond substituents is 3. The first-order chi connectivity index (χ1) is 12.8. The number of nitrogens with one attached hydrogen (secondary N) is 1. The zero-order valence-electron chi connectivity index (χ0n) is 13.9. The molecule has 1 amide bonds. The minimum atomic E-state index is -1.11. The highest BCUT2D eigenvalue weighted by molar-refractivity contribution is 6.05. The summed E-state index contributed by atoms with van der Waals surface area (Å²) in [5.74, 6) is -2.55. The third-order valence-corrected chi connectivity index (χ3v) is 3.86. The van der Waals surface area contributed by atoms with Gasteiger partial charge in [-0.1, -0.05) is 18.2 Å². The molecule has 0 unspecified atom stereocenters. The Kier molecular flexibility index (Phi) is 4.68. The average molecular weight is 365 g/mol. The molecule has 0 saturated heterocycles. The Bertz CT molecular complexity index is 1020. The molecule has 3 rings (SSSR count). The second-order valence-corrected chi connectivity index (χ2v) is 5.78. The summed E-state index contributed by atoms with van der Waals surface area (Å²) < 4.78 is 0. The molecule has 7 heteroatoms. The number of carbonyl (C=O) groups is 2. The first-order valence-corrected chi connectivity index (χ1v) is 7.85. The molecule has 0 atom stereocenters. The Labute approximate surface area is 153 Å². The lowest BCUT2D eigenvalue weighted by molar-refractivity contribution is 0.0696. The van der Waals surface area contributed by atoms with E-state index < -0.39 is 11.9 Å². The molecular formula is C20H15NO6. The molecule has 0 aliphatic rings.